The molecule has 0 aliphatic carbocycles. The third-order valence-corrected chi connectivity index (χ3v) is 3.83. The Morgan fingerprint density at radius 1 is 1.00 bits per heavy atom. The molecule has 0 amide bonds. The van der Waals surface area contributed by atoms with Crippen molar-refractivity contribution in [3.8, 4) is 5.75 Å². The SMILES string of the molecule is COc1ccccc1SCCNCc1ccccc1. The molecule has 0 aliphatic heterocycles. The first-order chi connectivity index (χ1) is 9.40. The minimum Gasteiger partial charge on any atom is -0.496 e. The van der Waals surface area contributed by atoms with Gasteiger partial charge in [0.1, 0.15) is 5.75 Å². The predicted octanol–water partition coefficient (Wildman–Crippen LogP) is 3.58. The number of para-hydroxylation sites is 1. The highest BCUT2D eigenvalue weighted by Crippen LogP contribution is 2.28. The Labute approximate surface area is 119 Å². The van der Waals surface area contributed by atoms with Crippen molar-refractivity contribution in [1.29, 1.82) is 0 Å². The van der Waals surface area contributed by atoms with Crippen molar-refractivity contribution < 1.29 is 4.74 Å². The summed E-state index contributed by atoms with van der Waals surface area (Å²) < 4.78 is 5.33. The van der Waals surface area contributed by atoms with Gasteiger partial charge in [0.25, 0.3) is 0 Å². The third-order valence-electron chi connectivity index (χ3n) is 2.78. The zero-order valence-corrected chi connectivity index (χ0v) is 12.0. The first-order valence-corrected chi connectivity index (χ1v) is 7.39. The average molecular weight is 273 g/mol. The van der Waals surface area contributed by atoms with Gasteiger partial charge in [-0.3, -0.25) is 0 Å². The van der Waals surface area contributed by atoms with Crippen LogP contribution in [0, 0.1) is 0 Å². The summed E-state index contributed by atoms with van der Waals surface area (Å²) in [5, 5.41) is 3.45. The van der Waals surface area contributed by atoms with Crippen LogP contribution in [-0.2, 0) is 6.54 Å². The van der Waals surface area contributed by atoms with Crippen molar-refractivity contribution in [2.45, 2.75) is 11.4 Å². The molecule has 0 bridgehead atoms. The molecule has 2 rings (SSSR count). The fourth-order valence-corrected chi connectivity index (χ4v) is 2.73. The number of thioether (sulfide) groups is 1. The Bertz CT molecular complexity index is 487. The van der Waals surface area contributed by atoms with Crippen LogP contribution in [0.25, 0.3) is 0 Å². The maximum Gasteiger partial charge on any atom is 0.132 e. The van der Waals surface area contributed by atoms with E-state index in [0.717, 1.165) is 24.6 Å². The predicted molar refractivity (Wildman–Crippen MR) is 81.9 cm³/mol. The van der Waals surface area contributed by atoms with Gasteiger partial charge >= 0.3 is 0 Å². The van der Waals surface area contributed by atoms with E-state index >= 15 is 0 Å². The molecule has 0 spiro atoms. The van der Waals surface area contributed by atoms with Crippen LogP contribution < -0.4 is 10.1 Å². The molecular weight excluding hydrogens is 254 g/mol. The van der Waals surface area contributed by atoms with E-state index in [2.05, 4.69) is 35.6 Å². The maximum absolute atomic E-state index is 5.33. The van der Waals surface area contributed by atoms with Gasteiger partial charge in [0.2, 0.25) is 0 Å². The Hall–Kier alpha value is -1.45. The molecule has 2 aromatic carbocycles. The van der Waals surface area contributed by atoms with Crippen LogP contribution in [0.2, 0.25) is 0 Å². The molecular formula is C16H19NOS. The third kappa shape index (κ3) is 4.62. The monoisotopic (exact) mass is 273 g/mol. The standard InChI is InChI=1S/C16H19NOS/c1-18-15-9-5-6-10-16(15)19-12-11-17-13-14-7-3-2-4-8-14/h2-10,17H,11-13H2,1H3. The summed E-state index contributed by atoms with van der Waals surface area (Å²) in [5.74, 6) is 1.99. The van der Waals surface area contributed by atoms with Crippen molar-refractivity contribution in [1.82, 2.24) is 5.32 Å². The average Bonchev–Trinajstić information content (AvgIpc) is 2.48. The minimum absolute atomic E-state index is 0.924. The molecule has 2 nitrogen and oxygen atoms in total. The van der Waals surface area contributed by atoms with E-state index in [4.69, 9.17) is 4.74 Å². The second kappa shape index (κ2) is 7.87. The fourth-order valence-electron chi connectivity index (χ4n) is 1.80. The van der Waals surface area contributed by atoms with Gasteiger partial charge in [-0.25, -0.2) is 0 Å². The van der Waals surface area contributed by atoms with Gasteiger partial charge in [-0.15, -0.1) is 11.8 Å². The summed E-state index contributed by atoms with van der Waals surface area (Å²) in [6.45, 7) is 1.91. The molecule has 0 fully saturated rings. The number of hydrogen-bond donors (Lipinski definition) is 1. The molecule has 3 heteroatoms. The van der Waals surface area contributed by atoms with E-state index in [1.807, 2.05) is 36.0 Å². The number of ether oxygens (including phenoxy) is 1. The number of benzene rings is 2. The zero-order chi connectivity index (χ0) is 13.3. The number of hydrogen-bond acceptors (Lipinski definition) is 3. The summed E-state index contributed by atoms with van der Waals surface area (Å²) in [7, 11) is 1.72. The van der Waals surface area contributed by atoms with Crippen LogP contribution in [-0.4, -0.2) is 19.4 Å². The number of rotatable bonds is 7. The van der Waals surface area contributed by atoms with Crippen molar-refractivity contribution in [3.05, 3.63) is 60.2 Å². The van der Waals surface area contributed by atoms with E-state index in [-0.39, 0.29) is 0 Å². The summed E-state index contributed by atoms with van der Waals surface area (Å²) >= 11 is 1.82. The normalized spacial score (nSPS) is 10.4. The van der Waals surface area contributed by atoms with E-state index in [1.54, 1.807) is 7.11 Å². The molecule has 0 atom stereocenters. The molecule has 0 unspecified atom stereocenters. The van der Waals surface area contributed by atoms with Crippen LogP contribution in [0.5, 0.6) is 5.75 Å². The molecule has 0 heterocycles. The largest absolute Gasteiger partial charge is 0.496 e. The van der Waals surface area contributed by atoms with E-state index in [0.29, 0.717) is 0 Å². The zero-order valence-electron chi connectivity index (χ0n) is 11.1. The number of nitrogens with one attached hydrogen (secondary N) is 1. The summed E-state index contributed by atoms with van der Waals surface area (Å²) in [6.07, 6.45) is 0. The molecule has 1 N–H and O–H groups in total. The molecule has 100 valence electrons. The lowest BCUT2D eigenvalue weighted by atomic mass is 10.2. The first kappa shape index (κ1) is 14.0. The van der Waals surface area contributed by atoms with Crippen molar-refractivity contribution in [3.63, 3.8) is 0 Å². The minimum atomic E-state index is 0.924. The van der Waals surface area contributed by atoms with Crippen molar-refractivity contribution in [2.24, 2.45) is 0 Å². The lowest BCUT2D eigenvalue weighted by Gasteiger charge is -2.08. The van der Waals surface area contributed by atoms with Gasteiger partial charge in [-0.05, 0) is 17.7 Å². The first-order valence-electron chi connectivity index (χ1n) is 6.40. The molecule has 0 saturated carbocycles. The summed E-state index contributed by atoms with van der Waals surface area (Å²) in [5.41, 5.74) is 1.32. The lowest BCUT2D eigenvalue weighted by molar-refractivity contribution is 0.405. The number of methoxy groups -OCH3 is 1. The van der Waals surface area contributed by atoms with Gasteiger partial charge < -0.3 is 10.1 Å². The maximum atomic E-state index is 5.33. The fraction of sp³-hybridized carbons (Fsp3) is 0.250. The van der Waals surface area contributed by atoms with Gasteiger partial charge in [0.15, 0.2) is 0 Å². The Morgan fingerprint density at radius 3 is 2.53 bits per heavy atom. The Kier molecular flexibility index (Phi) is 5.79. The Balaban J connectivity index is 1.69. The molecule has 19 heavy (non-hydrogen) atoms. The smallest absolute Gasteiger partial charge is 0.132 e. The van der Waals surface area contributed by atoms with Crippen molar-refractivity contribution in [2.75, 3.05) is 19.4 Å². The van der Waals surface area contributed by atoms with Gasteiger partial charge in [-0.2, -0.15) is 0 Å². The highest BCUT2D eigenvalue weighted by atomic mass is 32.2. The van der Waals surface area contributed by atoms with Gasteiger partial charge in [-0.1, -0.05) is 42.5 Å². The van der Waals surface area contributed by atoms with Crippen LogP contribution in [0.15, 0.2) is 59.5 Å². The van der Waals surface area contributed by atoms with Gasteiger partial charge in [0, 0.05) is 23.7 Å². The molecule has 0 aliphatic rings. The van der Waals surface area contributed by atoms with Crippen LogP contribution in [0.1, 0.15) is 5.56 Å². The van der Waals surface area contributed by atoms with E-state index < -0.39 is 0 Å². The van der Waals surface area contributed by atoms with E-state index in [1.165, 1.54) is 10.5 Å². The van der Waals surface area contributed by atoms with Crippen LogP contribution in [0.3, 0.4) is 0 Å². The second-order valence-corrected chi connectivity index (χ2v) is 5.30. The van der Waals surface area contributed by atoms with Crippen molar-refractivity contribution >= 4 is 11.8 Å². The molecule has 0 aromatic heterocycles. The Morgan fingerprint density at radius 2 is 1.74 bits per heavy atom. The quantitative estimate of drug-likeness (QED) is 0.615. The summed E-state index contributed by atoms with van der Waals surface area (Å²) in [4.78, 5) is 1.20. The molecule has 0 radical (unpaired) electrons. The topological polar surface area (TPSA) is 21.3 Å². The highest BCUT2D eigenvalue weighted by molar-refractivity contribution is 7.99. The highest BCUT2D eigenvalue weighted by Gasteiger charge is 2.01. The second-order valence-electron chi connectivity index (χ2n) is 4.16. The molecule has 2 aromatic rings. The van der Waals surface area contributed by atoms with Crippen LogP contribution in [0.4, 0.5) is 0 Å². The van der Waals surface area contributed by atoms with Gasteiger partial charge in [0.05, 0.1) is 7.11 Å². The lowest BCUT2D eigenvalue weighted by Crippen LogP contribution is -2.16. The summed E-state index contributed by atoms with van der Waals surface area (Å²) in [6, 6.07) is 18.6. The van der Waals surface area contributed by atoms with E-state index in [9.17, 15) is 0 Å². The van der Waals surface area contributed by atoms with Crippen LogP contribution >= 0.6 is 11.8 Å². The molecule has 0 saturated heterocycles.